The normalized spacial score (nSPS) is 11.1. The average Bonchev–Trinajstić information content (AvgIpc) is 2.88. The predicted molar refractivity (Wildman–Crippen MR) is 83.7 cm³/mol. The van der Waals surface area contributed by atoms with Crippen molar-refractivity contribution in [1.29, 1.82) is 0 Å². The summed E-state index contributed by atoms with van der Waals surface area (Å²) in [6.45, 7) is 6.31. The van der Waals surface area contributed by atoms with Crippen molar-refractivity contribution in [3.63, 3.8) is 0 Å². The Bertz CT molecular complexity index is 583. The Morgan fingerprint density at radius 1 is 1.24 bits per heavy atom. The second-order valence-electron chi connectivity index (χ2n) is 5.26. The molecule has 0 aliphatic heterocycles. The van der Waals surface area contributed by atoms with Crippen molar-refractivity contribution in [2.24, 2.45) is 5.92 Å². The molecule has 114 valence electrons. The summed E-state index contributed by atoms with van der Waals surface area (Å²) in [6.07, 6.45) is 0. The zero-order chi connectivity index (χ0) is 15.2. The molecule has 2 rings (SSSR count). The SMILES string of the molecule is CC(C)CNCc1ccc(COc2ccc(F)c(Br)c2)o1. The molecule has 2 aromatic rings. The quantitative estimate of drug-likeness (QED) is 0.793. The van der Waals surface area contributed by atoms with Gasteiger partial charge in [0.1, 0.15) is 29.7 Å². The Balaban J connectivity index is 1.83. The van der Waals surface area contributed by atoms with Crippen molar-refractivity contribution in [1.82, 2.24) is 5.32 Å². The standard InChI is InChI=1S/C16H19BrFNO2/c1-11(2)8-19-9-13-3-4-14(21-13)10-20-12-5-6-16(18)15(17)7-12/h3-7,11,19H,8-10H2,1-2H3. The lowest BCUT2D eigenvalue weighted by Crippen LogP contribution is -2.18. The highest BCUT2D eigenvalue weighted by Crippen LogP contribution is 2.22. The van der Waals surface area contributed by atoms with Crippen LogP contribution in [-0.4, -0.2) is 6.54 Å². The van der Waals surface area contributed by atoms with Gasteiger partial charge in [0.2, 0.25) is 0 Å². The fourth-order valence-electron chi connectivity index (χ4n) is 1.80. The highest BCUT2D eigenvalue weighted by molar-refractivity contribution is 9.10. The van der Waals surface area contributed by atoms with Crippen molar-refractivity contribution in [3.05, 3.63) is 52.1 Å². The average molecular weight is 356 g/mol. The molecule has 0 radical (unpaired) electrons. The minimum absolute atomic E-state index is 0.307. The molecule has 0 bridgehead atoms. The maximum Gasteiger partial charge on any atom is 0.146 e. The van der Waals surface area contributed by atoms with Crippen molar-refractivity contribution in [3.8, 4) is 5.75 Å². The summed E-state index contributed by atoms with van der Waals surface area (Å²) in [5.41, 5.74) is 0. The third-order valence-electron chi connectivity index (χ3n) is 2.84. The lowest BCUT2D eigenvalue weighted by molar-refractivity contribution is 0.264. The Labute approximate surface area is 132 Å². The molecule has 0 saturated heterocycles. The van der Waals surface area contributed by atoms with E-state index in [2.05, 4.69) is 35.1 Å². The van der Waals surface area contributed by atoms with Crippen LogP contribution in [0.4, 0.5) is 4.39 Å². The van der Waals surface area contributed by atoms with Gasteiger partial charge in [-0.15, -0.1) is 0 Å². The molecule has 0 amide bonds. The fraction of sp³-hybridized carbons (Fsp3) is 0.375. The summed E-state index contributed by atoms with van der Waals surface area (Å²) in [7, 11) is 0. The van der Waals surface area contributed by atoms with Gasteiger partial charge < -0.3 is 14.5 Å². The highest BCUT2D eigenvalue weighted by Gasteiger charge is 2.05. The van der Waals surface area contributed by atoms with E-state index in [0.29, 0.717) is 29.3 Å². The second-order valence-corrected chi connectivity index (χ2v) is 6.11. The van der Waals surface area contributed by atoms with Crippen LogP contribution >= 0.6 is 15.9 Å². The van der Waals surface area contributed by atoms with E-state index in [1.54, 1.807) is 12.1 Å². The van der Waals surface area contributed by atoms with E-state index in [9.17, 15) is 4.39 Å². The predicted octanol–water partition coefficient (Wildman–Crippen LogP) is 4.51. The first kappa shape index (κ1) is 16.0. The van der Waals surface area contributed by atoms with Gasteiger partial charge in [-0.3, -0.25) is 0 Å². The van der Waals surface area contributed by atoms with Gasteiger partial charge >= 0.3 is 0 Å². The van der Waals surface area contributed by atoms with Gasteiger partial charge in [-0.25, -0.2) is 4.39 Å². The molecule has 1 aromatic heterocycles. The molecule has 0 spiro atoms. The molecule has 21 heavy (non-hydrogen) atoms. The molecule has 1 aromatic carbocycles. The molecule has 0 aliphatic carbocycles. The van der Waals surface area contributed by atoms with Crippen molar-refractivity contribution < 1.29 is 13.5 Å². The summed E-state index contributed by atoms with van der Waals surface area (Å²) in [5.74, 6) is 2.53. The zero-order valence-electron chi connectivity index (χ0n) is 12.2. The fourth-order valence-corrected chi connectivity index (χ4v) is 2.16. The molecule has 0 fully saturated rings. The van der Waals surface area contributed by atoms with Crippen molar-refractivity contribution in [2.45, 2.75) is 27.0 Å². The number of nitrogens with one attached hydrogen (secondary N) is 1. The van der Waals surface area contributed by atoms with Crippen molar-refractivity contribution in [2.75, 3.05) is 6.54 Å². The lowest BCUT2D eigenvalue weighted by atomic mass is 10.2. The lowest BCUT2D eigenvalue weighted by Gasteiger charge is -2.06. The number of hydrogen-bond donors (Lipinski definition) is 1. The van der Waals surface area contributed by atoms with Gasteiger partial charge in [-0.1, -0.05) is 13.8 Å². The Hall–Kier alpha value is -1.33. The first-order chi connectivity index (χ1) is 10.0. The van der Waals surface area contributed by atoms with E-state index in [1.165, 1.54) is 6.07 Å². The topological polar surface area (TPSA) is 34.4 Å². The monoisotopic (exact) mass is 355 g/mol. The molecular formula is C16H19BrFNO2. The molecule has 1 heterocycles. The molecule has 0 unspecified atom stereocenters. The van der Waals surface area contributed by atoms with Crippen molar-refractivity contribution >= 4 is 15.9 Å². The molecule has 5 heteroatoms. The minimum Gasteiger partial charge on any atom is -0.486 e. The number of hydrogen-bond acceptors (Lipinski definition) is 3. The van der Waals surface area contributed by atoms with Crippen LogP contribution in [0.5, 0.6) is 5.75 Å². The van der Waals surface area contributed by atoms with Gasteiger partial charge in [0.15, 0.2) is 0 Å². The minimum atomic E-state index is -0.307. The van der Waals surface area contributed by atoms with E-state index in [-0.39, 0.29) is 5.82 Å². The molecule has 0 aliphatic rings. The summed E-state index contributed by atoms with van der Waals surface area (Å²) in [5, 5.41) is 3.32. The molecule has 0 saturated carbocycles. The number of rotatable bonds is 7. The summed E-state index contributed by atoms with van der Waals surface area (Å²) in [6, 6.07) is 8.39. The first-order valence-corrected chi connectivity index (χ1v) is 7.70. The summed E-state index contributed by atoms with van der Waals surface area (Å²) >= 11 is 3.13. The highest BCUT2D eigenvalue weighted by atomic mass is 79.9. The van der Waals surface area contributed by atoms with Gasteiger partial charge in [0.25, 0.3) is 0 Å². The number of ether oxygens (including phenoxy) is 1. The van der Waals surface area contributed by atoms with E-state index in [4.69, 9.17) is 9.15 Å². The van der Waals surface area contributed by atoms with Crippen LogP contribution in [0.3, 0.4) is 0 Å². The Kier molecular flexibility index (Phi) is 5.82. The summed E-state index contributed by atoms with van der Waals surface area (Å²) < 4.78 is 24.7. The van der Waals surface area contributed by atoms with Crippen LogP contribution in [0.2, 0.25) is 0 Å². The Morgan fingerprint density at radius 3 is 2.71 bits per heavy atom. The van der Waals surface area contributed by atoms with Crippen LogP contribution in [0.25, 0.3) is 0 Å². The van der Waals surface area contributed by atoms with Crippen LogP contribution in [0, 0.1) is 11.7 Å². The summed E-state index contributed by atoms with van der Waals surface area (Å²) in [4.78, 5) is 0. The zero-order valence-corrected chi connectivity index (χ0v) is 13.7. The van der Waals surface area contributed by atoms with E-state index < -0.39 is 0 Å². The third-order valence-corrected chi connectivity index (χ3v) is 3.45. The maximum atomic E-state index is 13.1. The molecule has 3 nitrogen and oxygen atoms in total. The van der Waals surface area contributed by atoms with Crippen LogP contribution in [-0.2, 0) is 13.2 Å². The third kappa shape index (κ3) is 5.17. The molecule has 0 atom stereocenters. The first-order valence-electron chi connectivity index (χ1n) is 6.90. The van der Waals surface area contributed by atoms with Gasteiger partial charge in [0.05, 0.1) is 11.0 Å². The Morgan fingerprint density at radius 2 is 2.00 bits per heavy atom. The van der Waals surface area contributed by atoms with Crippen LogP contribution in [0.15, 0.2) is 39.2 Å². The van der Waals surface area contributed by atoms with Gasteiger partial charge in [0, 0.05) is 0 Å². The van der Waals surface area contributed by atoms with Gasteiger partial charge in [-0.05, 0) is 58.7 Å². The number of halogens is 2. The number of furan rings is 1. The molecular weight excluding hydrogens is 337 g/mol. The smallest absolute Gasteiger partial charge is 0.146 e. The second kappa shape index (κ2) is 7.61. The van der Waals surface area contributed by atoms with Crippen LogP contribution in [0.1, 0.15) is 25.4 Å². The van der Waals surface area contributed by atoms with E-state index in [0.717, 1.165) is 18.1 Å². The molecule has 1 N–H and O–H groups in total. The van der Waals surface area contributed by atoms with Crippen LogP contribution < -0.4 is 10.1 Å². The van der Waals surface area contributed by atoms with Gasteiger partial charge in [-0.2, -0.15) is 0 Å². The van der Waals surface area contributed by atoms with E-state index in [1.807, 2.05) is 12.1 Å². The van der Waals surface area contributed by atoms with E-state index >= 15 is 0 Å². The maximum absolute atomic E-state index is 13.1. The largest absolute Gasteiger partial charge is 0.486 e. The number of benzene rings is 1.